The van der Waals surface area contributed by atoms with Crippen LogP contribution in [0.5, 0.6) is 17.2 Å². The zero-order chi connectivity index (χ0) is 37.3. The summed E-state index contributed by atoms with van der Waals surface area (Å²) in [6.07, 6.45) is 0.455. The van der Waals surface area contributed by atoms with Crippen molar-refractivity contribution < 1.29 is 29.3 Å². The molecule has 0 aromatic heterocycles. The molecule has 0 heterocycles. The number of phenols is 2. The van der Waals surface area contributed by atoms with Crippen LogP contribution in [0.4, 0.5) is 0 Å². The molecule has 0 spiro atoms. The fourth-order valence-electron chi connectivity index (χ4n) is 5.64. The van der Waals surface area contributed by atoms with Gasteiger partial charge in [-0.05, 0) is 78.3 Å². The van der Waals surface area contributed by atoms with Crippen LogP contribution in [0.3, 0.4) is 0 Å². The fourth-order valence-corrected chi connectivity index (χ4v) is 8.23. The van der Waals surface area contributed by atoms with Gasteiger partial charge in [-0.25, -0.2) is 4.79 Å². The number of rotatable bonds is 10. The van der Waals surface area contributed by atoms with E-state index >= 15 is 0 Å². The lowest BCUT2D eigenvalue weighted by molar-refractivity contribution is -0.131. The van der Waals surface area contributed by atoms with Crippen LogP contribution >= 0.6 is 23.5 Å². The summed E-state index contributed by atoms with van der Waals surface area (Å²) in [5.74, 6) is -0.308. The van der Waals surface area contributed by atoms with Crippen molar-refractivity contribution in [1.82, 2.24) is 0 Å². The minimum atomic E-state index is -0.575. The van der Waals surface area contributed by atoms with Crippen molar-refractivity contribution in [3.05, 3.63) is 76.3 Å². The average molecular weight is 709 g/mol. The second-order valence-electron chi connectivity index (χ2n) is 16.9. The van der Waals surface area contributed by atoms with Gasteiger partial charge < -0.3 is 19.7 Å². The van der Waals surface area contributed by atoms with E-state index in [-0.39, 0.29) is 44.0 Å². The van der Waals surface area contributed by atoms with Crippen LogP contribution in [0.25, 0.3) is 0 Å². The molecule has 0 atom stereocenters. The van der Waals surface area contributed by atoms with Crippen LogP contribution in [-0.2, 0) is 31.2 Å². The van der Waals surface area contributed by atoms with Gasteiger partial charge in [0.15, 0.2) is 0 Å². The summed E-state index contributed by atoms with van der Waals surface area (Å²) in [5.41, 5.74) is 2.37. The van der Waals surface area contributed by atoms with Crippen molar-refractivity contribution in [2.24, 2.45) is 0 Å². The number of ether oxygens (including phenoxy) is 2. The Balaban J connectivity index is 1.94. The van der Waals surface area contributed by atoms with E-state index in [0.29, 0.717) is 12.2 Å². The molecule has 3 aromatic carbocycles. The number of thioether (sulfide) groups is 2. The van der Waals surface area contributed by atoms with Crippen LogP contribution in [0, 0.1) is 0 Å². The van der Waals surface area contributed by atoms with Gasteiger partial charge in [0, 0.05) is 39.0 Å². The molecule has 268 valence electrons. The molecule has 0 aliphatic carbocycles. The van der Waals surface area contributed by atoms with Crippen LogP contribution < -0.4 is 4.74 Å². The number of phenolic OH excluding ortho intramolecular Hbond substituents is 2. The molecule has 0 saturated heterocycles. The van der Waals surface area contributed by atoms with Crippen LogP contribution in [-0.4, -0.2) is 32.8 Å². The number of aromatic hydroxyl groups is 2. The molecule has 0 aliphatic rings. The molecule has 0 saturated carbocycles. The Morgan fingerprint density at radius 1 is 0.653 bits per heavy atom. The predicted molar refractivity (Wildman–Crippen MR) is 204 cm³/mol. The third-order valence-electron chi connectivity index (χ3n) is 8.37. The molecule has 6 nitrogen and oxygen atoms in total. The van der Waals surface area contributed by atoms with E-state index in [9.17, 15) is 19.8 Å². The maximum atomic E-state index is 13.0. The van der Waals surface area contributed by atoms with Crippen molar-refractivity contribution in [2.75, 3.05) is 6.61 Å². The lowest BCUT2D eigenvalue weighted by Gasteiger charge is -2.32. The van der Waals surface area contributed by atoms with Crippen LogP contribution in [0.1, 0.15) is 136 Å². The van der Waals surface area contributed by atoms with Gasteiger partial charge in [-0.3, -0.25) is 4.79 Å². The Kier molecular flexibility index (Phi) is 12.0. The number of carbonyl (C=O) groups excluding carboxylic acids is 2. The zero-order valence-corrected chi connectivity index (χ0v) is 33.5. The normalized spacial score (nSPS) is 12.9. The number of esters is 2. The van der Waals surface area contributed by atoms with Crippen molar-refractivity contribution in [3.63, 3.8) is 0 Å². The number of para-hydroxylation sites is 1. The average Bonchev–Trinajstić information content (AvgIpc) is 2.92. The fraction of sp³-hybridized carbons (Fsp3) is 0.512. The van der Waals surface area contributed by atoms with Gasteiger partial charge in [0.2, 0.25) is 0 Å². The molecule has 0 aliphatic heterocycles. The summed E-state index contributed by atoms with van der Waals surface area (Å²) < 4.78 is 10.5. The van der Waals surface area contributed by atoms with Gasteiger partial charge in [-0.2, -0.15) is 0 Å². The molecule has 0 bridgehead atoms. The Morgan fingerprint density at radius 2 is 1.06 bits per heavy atom. The molecule has 0 unspecified atom stereocenters. The summed E-state index contributed by atoms with van der Waals surface area (Å²) in [7, 11) is 0. The van der Waals surface area contributed by atoms with Crippen molar-refractivity contribution in [3.8, 4) is 17.2 Å². The Labute approximate surface area is 302 Å². The van der Waals surface area contributed by atoms with E-state index in [4.69, 9.17) is 9.47 Å². The maximum Gasteiger partial charge on any atom is 0.341 e. The summed E-state index contributed by atoms with van der Waals surface area (Å²) in [5, 5.41) is 22.9. The van der Waals surface area contributed by atoms with E-state index in [2.05, 4.69) is 100 Å². The smallest absolute Gasteiger partial charge is 0.341 e. The third-order valence-corrected chi connectivity index (χ3v) is 10.8. The number of carbonyl (C=O) groups is 2. The van der Waals surface area contributed by atoms with Crippen molar-refractivity contribution in [2.45, 2.75) is 139 Å². The van der Waals surface area contributed by atoms with Crippen LogP contribution in [0.2, 0.25) is 0 Å². The maximum absolute atomic E-state index is 13.0. The quantitative estimate of drug-likeness (QED) is 0.0930. The monoisotopic (exact) mass is 708 g/mol. The molecule has 0 radical (unpaired) electrons. The van der Waals surface area contributed by atoms with E-state index < -0.39 is 17.4 Å². The minimum absolute atomic E-state index is 0.107. The first-order valence-electron chi connectivity index (χ1n) is 16.8. The lowest BCUT2D eigenvalue weighted by atomic mass is 9.77. The molecule has 0 fully saturated rings. The van der Waals surface area contributed by atoms with E-state index in [0.717, 1.165) is 32.0 Å². The van der Waals surface area contributed by atoms with E-state index in [1.165, 1.54) is 6.92 Å². The number of benzene rings is 3. The van der Waals surface area contributed by atoms with Crippen LogP contribution in [0.15, 0.2) is 58.3 Å². The molecule has 49 heavy (non-hydrogen) atoms. The first kappa shape index (κ1) is 40.3. The second kappa shape index (κ2) is 14.6. The summed E-state index contributed by atoms with van der Waals surface area (Å²) in [4.78, 5) is 26.6. The van der Waals surface area contributed by atoms with Gasteiger partial charge in [-0.15, -0.1) is 23.5 Å². The molecule has 8 heteroatoms. The highest BCUT2D eigenvalue weighted by molar-refractivity contribution is 8.18. The minimum Gasteiger partial charge on any atom is -0.507 e. The van der Waals surface area contributed by atoms with E-state index in [1.54, 1.807) is 47.8 Å². The molecule has 3 aromatic rings. The lowest BCUT2D eigenvalue weighted by Crippen LogP contribution is -2.23. The second-order valence-corrected chi connectivity index (χ2v) is 20.6. The number of hydrogen-bond donors (Lipinski definition) is 2. The van der Waals surface area contributed by atoms with Crippen molar-refractivity contribution in [1.29, 1.82) is 0 Å². The first-order valence-corrected chi connectivity index (χ1v) is 18.4. The summed E-state index contributed by atoms with van der Waals surface area (Å²) in [6, 6.07) is 14.9. The standard InChI is InChI=1S/C41H56O6S2/c1-25(42)47-33-18-16-15-17-28(33)36(45)46-20-19-40(11,12)32-24-27(23-31(35(32)44)39(8,9)10)49-41(13,14)48-26-21-29(37(2,3)4)34(43)30(22-26)38(5,6)7/h15-18,21-24,43-44H,19-20H2,1-14H3. The van der Waals surface area contributed by atoms with Gasteiger partial charge in [0.05, 0.1) is 10.7 Å². The van der Waals surface area contributed by atoms with Gasteiger partial charge in [0.1, 0.15) is 22.8 Å². The highest BCUT2D eigenvalue weighted by Crippen LogP contribution is 2.51. The Bertz CT molecular complexity index is 1650. The Morgan fingerprint density at radius 3 is 1.49 bits per heavy atom. The number of hydrogen-bond acceptors (Lipinski definition) is 8. The molecular weight excluding hydrogens is 653 g/mol. The largest absolute Gasteiger partial charge is 0.507 e. The van der Waals surface area contributed by atoms with Gasteiger partial charge in [-0.1, -0.05) is 88.3 Å². The first-order chi connectivity index (χ1) is 22.2. The summed E-state index contributed by atoms with van der Waals surface area (Å²) in [6.45, 7) is 28.9. The Hall–Kier alpha value is -3.10. The molecular formula is C41H56O6S2. The summed E-state index contributed by atoms with van der Waals surface area (Å²) >= 11 is 3.50. The highest BCUT2D eigenvalue weighted by Gasteiger charge is 2.33. The SMILES string of the molecule is CC(=O)Oc1ccccc1C(=O)OCCC(C)(C)c1cc(SC(C)(C)Sc2cc(C(C)(C)C)c(O)c(C(C)(C)C)c2)cc(C(C)(C)C)c1O. The third kappa shape index (κ3) is 10.5. The van der Waals surface area contributed by atoms with Crippen molar-refractivity contribution >= 4 is 35.5 Å². The van der Waals surface area contributed by atoms with Gasteiger partial charge >= 0.3 is 11.9 Å². The van der Waals surface area contributed by atoms with E-state index in [1.807, 2.05) is 13.8 Å². The molecule has 3 rings (SSSR count). The topological polar surface area (TPSA) is 93.1 Å². The highest BCUT2D eigenvalue weighted by atomic mass is 32.2. The van der Waals surface area contributed by atoms with Gasteiger partial charge in [0.25, 0.3) is 0 Å². The molecule has 2 N–H and O–H groups in total. The zero-order valence-electron chi connectivity index (χ0n) is 31.9. The predicted octanol–water partition coefficient (Wildman–Crippen LogP) is 11.1. The molecule has 0 amide bonds.